The van der Waals surface area contributed by atoms with Gasteiger partial charge in [-0.25, -0.2) is 0 Å². The zero-order valence-corrected chi connectivity index (χ0v) is 14.2. The average Bonchev–Trinajstić information content (AvgIpc) is 2.49. The van der Waals surface area contributed by atoms with E-state index >= 15 is 0 Å². The van der Waals surface area contributed by atoms with Crippen LogP contribution in [0, 0.1) is 6.92 Å². The normalized spacial score (nSPS) is 13.1. The zero-order valence-electron chi connectivity index (χ0n) is 14.2. The highest BCUT2D eigenvalue weighted by molar-refractivity contribution is 5.66. The lowest BCUT2D eigenvalue weighted by Crippen LogP contribution is -2.44. The molecule has 0 saturated heterocycles. The first-order valence-electron chi connectivity index (χ1n) is 8.02. The largest absolute Gasteiger partial charge is 0.403 e. The fraction of sp³-hybridized carbons (Fsp3) is 0.556. The van der Waals surface area contributed by atoms with Gasteiger partial charge in [0.05, 0.1) is 0 Å². The first kappa shape index (κ1) is 19.7. The number of alkyl halides is 3. The van der Waals surface area contributed by atoms with Gasteiger partial charge in [0.25, 0.3) is 0 Å². The molecule has 2 N–H and O–H groups in total. The lowest BCUT2D eigenvalue weighted by atomic mass is 9.93. The van der Waals surface area contributed by atoms with E-state index in [4.69, 9.17) is 0 Å². The summed E-state index contributed by atoms with van der Waals surface area (Å²) in [6.07, 6.45) is -3.04. The summed E-state index contributed by atoms with van der Waals surface area (Å²) >= 11 is 0. The summed E-state index contributed by atoms with van der Waals surface area (Å²) in [5, 5.41) is 5.44. The smallest absolute Gasteiger partial charge is 0.318 e. The van der Waals surface area contributed by atoms with Gasteiger partial charge in [0.2, 0.25) is 0 Å². The molecule has 5 heteroatoms. The number of aryl methyl sites for hydroxylation is 2. The number of rotatable bonds is 9. The molecule has 0 aliphatic rings. The molecule has 0 radical (unpaired) electrons. The van der Waals surface area contributed by atoms with E-state index in [2.05, 4.69) is 17.2 Å². The van der Waals surface area contributed by atoms with Crippen LogP contribution in [0.15, 0.2) is 24.8 Å². The highest BCUT2D eigenvalue weighted by Gasteiger charge is 2.38. The minimum atomic E-state index is -4.24. The summed E-state index contributed by atoms with van der Waals surface area (Å²) < 4.78 is 39.4. The van der Waals surface area contributed by atoms with Crippen molar-refractivity contribution in [2.45, 2.75) is 45.3 Å². The summed E-state index contributed by atoms with van der Waals surface area (Å²) in [5.41, 5.74) is 3.99. The van der Waals surface area contributed by atoms with Gasteiger partial charge in [-0.3, -0.25) is 0 Å². The van der Waals surface area contributed by atoms with E-state index in [0.29, 0.717) is 19.5 Å². The van der Waals surface area contributed by atoms with Crippen molar-refractivity contribution in [1.82, 2.24) is 10.6 Å². The van der Waals surface area contributed by atoms with Gasteiger partial charge in [0.1, 0.15) is 6.04 Å². The molecule has 0 fully saturated rings. The number of likely N-dealkylation sites (N-methyl/N-ethyl adjacent to an activating group) is 1. The minimum absolute atomic E-state index is 0.0280. The summed E-state index contributed by atoms with van der Waals surface area (Å²) in [6, 6.07) is 4.39. The quantitative estimate of drug-likeness (QED) is 0.667. The van der Waals surface area contributed by atoms with Gasteiger partial charge in [-0.05, 0) is 49.9 Å². The van der Waals surface area contributed by atoms with Gasteiger partial charge in [-0.1, -0.05) is 37.3 Å². The first-order valence-corrected chi connectivity index (χ1v) is 8.02. The van der Waals surface area contributed by atoms with Gasteiger partial charge in [-0.15, -0.1) is 0 Å². The fourth-order valence-electron chi connectivity index (χ4n) is 2.48. The van der Waals surface area contributed by atoms with Crippen molar-refractivity contribution in [2.75, 3.05) is 20.1 Å². The maximum atomic E-state index is 13.1. The molecule has 0 amide bonds. The van der Waals surface area contributed by atoms with Crippen molar-refractivity contribution >= 4 is 5.57 Å². The molecule has 2 nitrogen and oxygen atoms in total. The van der Waals surface area contributed by atoms with Crippen molar-refractivity contribution < 1.29 is 13.2 Å². The summed E-state index contributed by atoms with van der Waals surface area (Å²) in [4.78, 5) is 0. The van der Waals surface area contributed by atoms with E-state index in [1.54, 1.807) is 7.05 Å². The maximum Gasteiger partial charge on any atom is 0.403 e. The third-order valence-corrected chi connectivity index (χ3v) is 3.94. The molecule has 1 rings (SSSR count). The Morgan fingerprint density at radius 1 is 1.26 bits per heavy atom. The van der Waals surface area contributed by atoms with Crippen LogP contribution in [0.4, 0.5) is 13.2 Å². The van der Waals surface area contributed by atoms with Crippen molar-refractivity contribution in [2.24, 2.45) is 0 Å². The molecular weight excluding hydrogens is 301 g/mol. The Morgan fingerprint density at radius 2 is 1.96 bits per heavy atom. The number of benzene rings is 1. The Hall–Kier alpha value is -1.33. The molecule has 0 aliphatic carbocycles. The molecule has 0 bridgehead atoms. The number of halogens is 3. The van der Waals surface area contributed by atoms with Crippen LogP contribution in [0.1, 0.15) is 36.5 Å². The molecule has 1 unspecified atom stereocenters. The van der Waals surface area contributed by atoms with Crippen molar-refractivity contribution in [3.05, 3.63) is 41.5 Å². The van der Waals surface area contributed by atoms with Crippen molar-refractivity contribution in [1.29, 1.82) is 0 Å². The van der Waals surface area contributed by atoms with E-state index < -0.39 is 12.2 Å². The third-order valence-electron chi connectivity index (χ3n) is 3.94. The fourth-order valence-corrected chi connectivity index (χ4v) is 2.48. The molecule has 1 aromatic rings. The molecule has 0 aromatic heterocycles. The van der Waals surface area contributed by atoms with Gasteiger partial charge in [0, 0.05) is 13.1 Å². The molecule has 1 atom stereocenters. The van der Waals surface area contributed by atoms with E-state index in [0.717, 1.165) is 28.7 Å². The van der Waals surface area contributed by atoms with E-state index in [1.165, 1.54) is 0 Å². The molecule has 0 aliphatic heterocycles. The van der Waals surface area contributed by atoms with Crippen LogP contribution < -0.4 is 10.6 Å². The number of nitrogens with one attached hydrogen (secondary N) is 2. The molecule has 130 valence electrons. The van der Waals surface area contributed by atoms with Crippen LogP contribution in [0.3, 0.4) is 0 Å². The molecule has 1 aromatic carbocycles. The monoisotopic (exact) mass is 328 g/mol. The van der Waals surface area contributed by atoms with Crippen molar-refractivity contribution in [3.8, 4) is 0 Å². The lowest BCUT2D eigenvalue weighted by molar-refractivity contribution is -0.157. The van der Waals surface area contributed by atoms with E-state index in [-0.39, 0.29) is 6.42 Å². The van der Waals surface area contributed by atoms with Gasteiger partial charge in [0.15, 0.2) is 0 Å². The minimum Gasteiger partial charge on any atom is -0.318 e. The molecule has 23 heavy (non-hydrogen) atoms. The number of allylic oxidation sites excluding steroid dienone is 1. The summed E-state index contributed by atoms with van der Waals surface area (Å²) in [5.74, 6) is 0. The van der Waals surface area contributed by atoms with Crippen LogP contribution in [0.25, 0.3) is 5.57 Å². The highest BCUT2D eigenvalue weighted by atomic mass is 19.4. The van der Waals surface area contributed by atoms with Crippen molar-refractivity contribution in [3.63, 3.8) is 0 Å². The Morgan fingerprint density at radius 3 is 2.52 bits per heavy atom. The van der Waals surface area contributed by atoms with E-state index in [9.17, 15) is 13.2 Å². The van der Waals surface area contributed by atoms with Crippen LogP contribution in [-0.4, -0.2) is 32.4 Å². The van der Waals surface area contributed by atoms with E-state index in [1.807, 2.05) is 32.0 Å². The topological polar surface area (TPSA) is 24.1 Å². The predicted octanol–water partition coefficient (Wildman–Crippen LogP) is 4.09. The molecule has 0 saturated carbocycles. The highest BCUT2D eigenvalue weighted by Crippen LogP contribution is 2.27. The Bertz CT molecular complexity index is 509. The second-order valence-corrected chi connectivity index (χ2v) is 5.81. The molecule has 0 spiro atoms. The summed E-state index contributed by atoms with van der Waals surface area (Å²) in [6.45, 7) is 8.83. The average molecular weight is 328 g/mol. The zero-order chi connectivity index (χ0) is 17.5. The van der Waals surface area contributed by atoms with Crippen LogP contribution in [-0.2, 0) is 6.42 Å². The second-order valence-electron chi connectivity index (χ2n) is 5.81. The second kappa shape index (κ2) is 9.08. The third kappa shape index (κ3) is 6.36. The lowest BCUT2D eigenvalue weighted by Gasteiger charge is -2.22. The van der Waals surface area contributed by atoms with Crippen LogP contribution in [0.2, 0.25) is 0 Å². The Labute approximate surface area is 137 Å². The van der Waals surface area contributed by atoms with Crippen LogP contribution >= 0.6 is 0 Å². The number of hydrogen-bond donors (Lipinski definition) is 2. The van der Waals surface area contributed by atoms with Crippen LogP contribution in [0.5, 0.6) is 0 Å². The molecule has 0 heterocycles. The van der Waals surface area contributed by atoms with Gasteiger partial charge in [-0.2, -0.15) is 13.2 Å². The SMILES string of the molecule is C=C(CC)c1cc(C)ccc1CCC(NCCNC)C(F)(F)F. The standard InChI is InChI=1S/C18H27F3N2/c1-5-14(3)16-12-13(2)6-7-15(16)8-9-17(18(19,20)21)23-11-10-22-4/h6-7,12,17,22-23H,3,5,8-11H2,1-2,4H3. The molecular formula is C18H27F3N2. The van der Waals surface area contributed by atoms with Gasteiger partial charge < -0.3 is 10.6 Å². The number of hydrogen-bond acceptors (Lipinski definition) is 2. The Balaban J connectivity index is 2.82. The predicted molar refractivity (Wildman–Crippen MR) is 90.6 cm³/mol. The van der Waals surface area contributed by atoms with Gasteiger partial charge >= 0.3 is 6.18 Å². The maximum absolute atomic E-state index is 13.1. The first-order chi connectivity index (χ1) is 10.8. The Kier molecular flexibility index (Phi) is 7.79. The summed E-state index contributed by atoms with van der Waals surface area (Å²) in [7, 11) is 1.72.